The van der Waals surface area contributed by atoms with E-state index in [1.165, 1.54) is 22.2 Å². The average molecular weight is 499 g/mol. The minimum Gasteiger partial charge on any atom is -0.497 e. The molecule has 186 valence electrons. The fourth-order valence-electron chi connectivity index (χ4n) is 3.97. The van der Waals surface area contributed by atoms with Gasteiger partial charge in [0.1, 0.15) is 23.3 Å². The molecule has 2 N–H and O–H groups in total. The van der Waals surface area contributed by atoms with Crippen molar-refractivity contribution < 1.29 is 14.3 Å². The summed E-state index contributed by atoms with van der Waals surface area (Å²) in [6, 6.07) is 7.53. The number of nitrogens with one attached hydrogen (secondary N) is 2. The van der Waals surface area contributed by atoms with Gasteiger partial charge in [0.05, 0.1) is 7.11 Å². The van der Waals surface area contributed by atoms with Crippen LogP contribution >= 0.6 is 11.3 Å². The van der Waals surface area contributed by atoms with E-state index in [0.717, 1.165) is 24.2 Å². The van der Waals surface area contributed by atoms with E-state index in [-0.39, 0.29) is 35.9 Å². The van der Waals surface area contributed by atoms with Crippen molar-refractivity contribution in [2.45, 2.75) is 45.8 Å². The summed E-state index contributed by atoms with van der Waals surface area (Å²) in [5.41, 5.74) is 1.02. The lowest BCUT2D eigenvalue weighted by atomic mass is 9.96. The first-order valence-electron chi connectivity index (χ1n) is 11.6. The Labute approximate surface area is 207 Å². The van der Waals surface area contributed by atoms with Crippen LogP contribution in [0.2, 0.25) is 0 Å². The van der Waals surface area contributed by atoms with Gasteiger partial charge in [-0.3, -0.25) is 19.0 Å². The number of fused-ring (bicyclic) bond motifs is 1. The predicted octanol–water partition coefficient (Wildman–Crippen LogP) is 1.92. The second-order valence-corrected chi connectivity index (χ2v) is 9.85. The summed E-state index contributed by atoms with van der Waals surface area (Å²) in [5, 5.41) is 6.52. The summed E-state index contributed by atoms with van der Waals surface area (Å²) in [6.45, 7) is 5.53. The number of nitrogens with zero attached hydrogens (tertiary/aromatic N) is 4. The van der Waals surface area contributed by atoms with Gasteiger partial charge in [0.2, 0.25) is 11.8 Å². The summed E-state index contributed by atoms with van der Waals surface area (Å²) in [7, 11) is 1.60. The van der Waals surface area contributed by atoms with E-state index in [1.54, 1.807) is 7.11 Å². The third kappa shape index (κ3) is 5.97. The molecule has 0 unspecified atom stereocenters. The molecule has 11 heteroatoms. The number of anilines is 1. The second kappa shape index (κ2) is 10.9. The Morgan fingerprint density at radius 1 is 1.20 bits per heavy atom. The second-order valence-electron chi connectivity index (χ2n) is 8.88. The van der Waals surface area contributed by atoms with Crippen molar-refractivity contribution in [3.8, 4) is 5.75 Å². The first kappa shape index (κ1) is 24.6. The zero-order valence-corrected chi connectivity index (χ0v) is 20.9. The van der Waals surface area contributed by atoms with Gasteiger partial charge in [-0.15, -0.1) is 0 Å². The Hall–Kier alpha value is -3.47. The minimum atomic E-state index is -0.287. The number of methoxy groups -OCH3 is 1. The molecule has 0 radical (unpaired) electrons. The van der Waals surface area contributed by atoms with Crippen molar-refractivity contribution in [3.05, 3.63) is 46.5 Å². The van der Waals surface area contributed by atoms with Crippen molar-refractivity contribution in [1.29, 1.82) is 0 Å². The molecular formula is C24H30N6O4S. The van der Waals surface area contributed by atoms with Gasteiger partial charge in [0, 0.05) is 31.6 Å². The molecule has 0 bridgehead atoms. The van der Waals surface area contributed by atoms with Crippen LogP contribution in [0.5, 0.6) is 5.75 Å². The molecule has 1 aromatic carbocycles. The number of carbonyl (C=O) groups excluding carboxylic acids is 2. The van der Waals surface area contributed by atoms with Crippen LogP contribution in [0.3, 0.4) is 0 Å². The van der Waals surface area contributed by atoms with Crippen LogP contribution in [-0.4, -0.2) is 52.6 Å². The summed E-state index contributed by atoms with van der Waals surface area (Å²) in [6.07, 6.45) is 2.84. The topological polar surface area (TPSA) is 118 Å². The van der Waals surface area contributed by atoms with E-state index >= 15 is 0 Å². The maximum Gasteiger partial charge on any atom is 0.273 e. The summed E-state index contributed by atoms with van der Waals surface area (Å²) in [4.78, 5) is 48.6. The zero-order valence-electron chi connectivity index (χ0n) is 20.1. The summed E-state index contributed by atoms with van der Waals surface area (Å²) < 4.78 is 6.86. The van der Waals surface area contributed by atoms with Gasteiger partial charge in [-0.05, 0) is 44.4 Å². The molecule has 35 heavy (non-hydrogen) atoms. The number of benzene rings is 1. The molecule has 1 aliphatic heterocycles. The molecule has 3 heterocycles. The molecule has 2 amide bonds. The lowest BCUT2D eigenvalue weighted by Gasteiger charge is -2.31. The Kier molecular flexibility index (Phi) is 7.64. The highest BCUT2D eigenvalue weighted by Gasteiger charge is 2.27. The number of ether oxygens (including phenoxy) is 1. The van der Waals surface area contributed by atoms with Gasteiger partial charge in [0.25, 0.3) is 5.56 Å². The lowest BCUT2D eigenvalue weighted by Crippen LogP contribution is -2.42. The van der Waals surface area contributed by atoms with Gasteiger partial charge in [-0.1, -0.05) is 23.5 Å². The van der Waals surface area contributed by atoms with Crippen LogP contribution in [0, 0.1) is 5.92 Å². The Bertz CT molecular complexity index is 1250. The molecule has 0 saturated carbocycles. The van der Waals surface area contributed by atoms with E-state index in [4.69, 9.17) is 4.74 Å². The summed E-state index contributed by atoms with van der Waals surface area (Å²) in [5.74, 6) is 0.556. The normalized spacial score (nSPS) is 14.3. The fraction of sp³-hybridized carbons (Fsp3) is 0.458. The molecule has 1 aliphatic rings. The first-order valence-corrected chi connectivity index (χ1v) is 12.5. The molecule has 10 nitrogen and oxygen atoms in total. The number of hydrogen-bond acceptors (Lipinski definition) is 8. The highest BCUT2D eigenvalue weighted by atomic mass is 32.1. The minimum absolute atomic E-state index is 0.00481. The smallest absolute Gasteiger partial charge is 0.273 e. The van der Waals surface area contributed by atoms with Gasteiger partial charge in [0.15, 0.2) is 10.8 Å². The van der Waals surface area contributed by atoms with Gasteiger partial charge in [-0.25, -0.2) is 4.98 Å². The number of carbonyl (C=O) groups is 2. The van der Waals surface area contributed by atoms with E-state index in [1.807, 2.05) is 38.1 Å². The van der Waals surface area contributed by atoms with Crippen LogP contribution in [0.4, 0.5) is 5.13 Å². The van der Waals surface area contributed by atoms with E-state index in [2.05, 4.69) is 25.5 Å². The van der Waals surface area contributed by atoms with Crippen LogP contribution < -0.4 is 25.8 Å². The maximum absolute atomic E-state index is 13.0. The molecule has 4 rings (SSSR count). The molecule has 0 aliphatic carbocycles. The molecule has 1 fully saturated rings. The van der Waals surface area contributed by atoms with Crippen molar-refractivity contribution in [3.63, 3.8) is 0 Å². The quantitative estimate of drug-likeness (QED) is 0.487. The largest absolute Gasteiger partial charge is 0.497 e. The monoisotopic (exact) mass is 498 g/mol. The van der Waals surface area contributed by atoms with Crippen LogP contribution in [0.15, 0.2) is 35.4 Å². The number of piperidine rings is 1. The molecular weight excluding hydrogens is 468 g/mol. The van der Waals surface area contributed by atoms with Crippen molar-refractivity contribution in [2.24, 2.45) is 5.92 Å². The van der Waals surface area contributed by atoms with Gasteiger partial charge < -0.3 is 20.3 Å². The average Bonchev–Trinajstić information content (AvgIpc) is 3.30. The number of hydrogen-bond donors (Lipinski definition) is 2. The Morgan fingerprint density at radius 3 is 2.57 bits per heavy atom. The zero-order chi connectivity index (χ0) is 24.9. The molecule has 1 saturated heterocycles. The lowest BCUT2D eigenvalue weighted by molar-refractivity contribution is -0.126. The number of amides is 2. The number of rotatable bonds is 8. The number of aromatic nitrogens is 3. The standard InChI is InChI=1S/C24H30N6O4S/c1-15(2)27-22(32)17-8-10-29(11-9-17)24-28-21-20(35-24)23(33)30(14-26-21)13-19(31)25-12-16-4-6-18(34-3)7-5-16/h4-7,14-15,17H,8-13H2,1-3H3,(H,25,31)(H,27,32). The Balaban J connectivity index is 1.37. The fourth-order valence-corrected chi connectivity index (χ4v) is 4.99. The first-order chi connectivity index (χ1) is 16.8. The van der Waals surface area contributed by atoms with Crippen molar-refractivity contribution in [1.82, 2.24) is 25.2 Å². The maximum atomic E-state index is 13.0. The molecule has 2 aromatic heterocycles. The molecule has 0 atom stereocenters. The SMILES string of the molecule is COc1ccc(CNC(=O)Cn2cnc3nc(N4CCC(C(=O)NC(C)C)CC4)sc3c2=O)cc1. The van der Waals surface area contributed by atoms with Gasteiger partial charge >= 0.3 is 0 Å². The summed E-state index contributed by atoms with van der Waals surface area (Å²) >= 11 is 1.28. The van der Waals surface area contributed by atoms with Gasteiger partial charge in [-0.2, -0.15) is 4.98 Å². The van der Waals surface area contributed by atoms with Crippen LogP contribution in [-0.2, 0) is 22.7 Å². The van der Waals surface area contributed by atoms with Crippen LogP contribution in [0.25, 0.3) is 10.3 Å². The van der Waals surface area contributed by atoms with Crippen molar-refractivity contribution >= 4 is 38.6 Å². The third-order valence-corrected chi connectivity index (χ3v) is 7.00. The van der Waals surface area contributed by atoms with E-state index in [0.29, 0.717) is 35.1 Å². The molecule has 3 aromatic rings. The highest BCUT2D eigenvalue weighted by molar-refractivity contribution is 7.22. The third-order valence-electron chi connectivity index (χ3n) is 5.90. The van der Waals surface area contributed by atoms with E-state index in [9.17, 15) is 14.4 Å². The molecule has 0 spiro atoms. The highest BCUT2D eigenvalue weighted by Crippen LogP contribution is 2.29. The predicted molar refractivity (Wildman–Crippen MR) is 135 cm³/mol. The number of thiazole rings is 1. The van der Waals surface area contributed by atoms with E-state index < -0.39 is 0 Å². The Morgan fingerprint density at radius 2 is 1.91 bits per heavy atom. The van der Waals surface area contributed by atoms with Crippen LogP contribution in [0.1, 0.15) is 32.3 Å². The van der Waals surface area contributed by atoms with Crippen molar-refractivity contribution in [2.75, 3.05) is 25.1 Å².